The summed E-state index contributed by atoms with van der Waals surface area (Å²) in [6.45, 7) is 5.56. The maximum atomic E-state index is 11.5. The Labute approximate surface area is 152 Å². The van der Waals surface area contributed by atoms with E-state index in [-0.39, 0.29) is 16.7 Å². The van der Waals surface area contributed by atoms with E-state index >= 15 is 0 Å². The second-order valence-corrected chi connectivity index (χ2v) is 6.52. The zero-order valence-corrected chi connectivity index (χ0v) is 14.7. The quantitative estimate of drug-likeness (QED) is 0.859. The van der Waals surface area contributed by atoms with Crippen molar-refractivity contribution >= 4 is 17.6 Å². The molecule has 0 aromatic heterocycles. The molecule has 0 atom stereocenters. The highest BCUT2D eigenvalue weighted by molar-refractivity contribution is 5.98. The molecule has 6 heteroatoms. The van der Waals surface area contributed by atoms with Gasteiger partial charge in [-0.3, -0.25) is 4.90 Å². The van der Waals surface area contributed by atoms with Crippen molar-refractivity contribution in [2.75, 3.05) is 31.1 Å². The Balaban J connectivity index is 1.74. The lowest BCUT2D eigenvalue weighted by atomic mass is 10.0. The highest BCUT2D eigenvalue weighted by atomic mass is 16.4. The van der Waals surface area contributed by atoms with Crippen molar-refractivity contribution < 1.29 is 19.8 Å². The predicted octanol–water partition coefficient (Wildman–Crippen LogP) is 2.71. The molecule has 0 bridgehead atoms. The van der Waals surface area contributed by atoms with Gasteiger partial charge >= 0.3 is 11.9 Å². The lowest BCUT2D eigenvalue weighted by Gasteiger charge is -2.36. The Bertz CT molecular complexity index is 777. The summed E-state index contributed by atoms with van der Waals surface area (Å²) in [6.07, 6.45) is 0. The number of carboxylic acids is 2. The molecule has 0 aliphatic carbocycles. The fraction of sp³-hybridized carbons (Fsp3) is 0.300. The van der Waals surface area contributed by atoms with E-state index in [0.29, 0.717) is 5.69 Å². The number of hydrogen-bond donors (Lipinski definition) is 2. The van der Waals surface area contributed by atoms with Crippen LogP contribution in [-0.4, -0.2) is 53.2 Å². The molecule has 2 aromatic carbocycles. The molecule has 2 N–H and O–H groups in total. The fourth-order valence-corrected chi connectivity index (χ4v) is 3.33. The molecular weight excluding hydrogens is 332 g/mol. The van der Waals surface area contributed by atoms with Crippen molar-refractivity contribution in [2.45, 2.75) is 13.5 Å². The van der Waals surface area contributed by atoms with Crippen LogP contribution in [0.5, 0.6) is 0 Å². The minimum absolute atomic E-state index is 0.0478. The third-order valence-corrected chi connectivity index (χ3v) is 4.84. The summed E-state index contributed by atoms with van der Waals surface area (Å²) in [7, 11) is 0. The van der Waals surface area contributed by atoms with Crippen molar-refractivity contribution in [2.24, 2.45) is 0 Å². The van der Waals surface area contributed by atoms with E-state index in [1.807, 2.05) is 18.2 Å². The molecule has 1 aliphatic rings. The highest BCUT2D eigenvalue weighted by Gasteiger charge is 2.22. The molecule has 1 saturated heterocycles. The number of rotatable bonds is 5. The first kappa shape index (κ1) is 17.9. The van der Waals surface area contributed by atoms with Gasteiger partial charge in [-0.25, -0.2) is 9.59 Å². The zero-order chi connectivity index (χ0) is 18.7. The molecule has 0 unspecified atom stereocenters. The SMILES string of the molecule is Cc1c(C(=O)O)cc(N2CCN(Cc3ccccc3)CC2)cc1C(=O)O. The molecule has 6 nitrogen and oxygen atoms in total. The number of hydrogen-bond acceptors (Lipinski definition) is 4. The van der Waals surface area contributed by atoms with Gasteiger partial charge in [-0.05, 0) is 30.2 Å². The van der Waals surface area contributed by atoms with Crippen LogP contribution in [0.2, 0.25) is 0 Å². The van der Waals surface area contributed by atoms with Crippen molar-refractivity contribution in [1.82, 2.24) is 4.90 Å². The van der Waals surface area contributed by atoms with Gasteiger partial charge in [0.2, 0.25) is 0 Å². The molecule has 3 rings (SSSR count). The van der Waals surface area contributed by atoms with Crippen LogP contribution in [0.25, 0.3) is 0 Å². The average molecular weight is 354 g/mol. The van der Waals surface area contributed by atoms with Crippen LogP contribution in [0.1, 0.15) is 31.8 Å². The summed E-state index contributed by atoms with van der Waals surface area (Å²) in [6, 6.07) is 13.4. The molecule has 0 spiro atoms. The van der Waals surface area contributed by atoms with Crippen molar-refractivity contribution in [3.05, 3.63) is 64.7 Å². The van der Waals surface area contributed by atoms with Crippen molar-refractivity contribution in [1.29, 1.82) is 0 Å². The van der Waals surface area contributed by atoms with Crippen LogP contribution in [0.15, 0.2) is 42.5 Å². The van der Waals surface area contributed by atoms with Crippen LogP contribution in [0.3, 0.4) is 0 Å². The van der Waals surface area contributed by atoms with Crippen LogP contribution >= 0.6 is 0 Å². The Morgan fingerprint density at radius 3 is 1.96 bits per heavy atom. The molecule has 0 radical (unpaired) electrons. The second-order valence-electron chi connectivity index (χ2n) is 6.52. The molecule has 0 saturated carbocycles. The van der Waals surface area contributed by atoms with E-state index in [4.69, 9.17) is 0 Å². The van der Waals surface area contributed by atoms with Crippen molar-refractivity contribution in [3.8, 4) is 0 Å². The summed E-state index contributed by atoms with van der Waals surface area (Å²) in [4.78, 5) is 27.3. The number of aromatic carboxylic acids is 2. The number of carbonyl (C=O) groups is 2. The first-order valence-electron chi connectivity index (χ1n) is 8.58. The number of anilines is 1. The van der Waals surface area contributed by atoms with E-state index in [1.54, 1.807) is 12.1 Å². The summed E-state index contributed by atoms with van der Waals surface area (Å²) in [5, 5.41) is 18.8. The number of nitrogens with zero attached hydrogens (tertiary/aromatic N) is 2. The third-order valence-electron chi connectivity index (χ3n) is 4.84. The predicted molar refractivity (Wildman–Crippen MR) is 99.0 cm³/mol. The van der Waals surface area contributed by atoms with Crippen molar-refractivity contribution in [3.63, 3.8) is 0 Å². The number of carboxylic acid groups (broad SMARTS) is 2. The van der Waals surface area contributed by atoms with Gasteiger partial charge in [0.05, 0.1) is 11.1 Å². The third kappa shape index (κ3) is 3.86. The molecular formula is C20H22N2O4. The first-order valence-corrected chi connectivity index (χ1v) is 8.58. The van der Waals surface area contributed by atoms with E-state index in [1.165, 1.54) is 12.5 Å². The van der Waals surface area contributed by atoms with E-state index in [0.717, 1.165) is 32.7 Å². The number of benzene rings is 2. The van der Waals surface area contributed by atoms with Crippen LogP contribution in [0, 0.1) is 6.92 Å². The van der Waals surface area contributed by atoms with Crippen LogP contribution in [-0.2, 0) is 6.54 Å². The van der Waals surface area contributed by atoms with Gasteiger partial charge in [0.25, 0.3) is 0 Å². The van der Waals surface area contributed by atoms with Gasteiger partial charge < -0.3 is 15.1 Å². The Morgan fingerprint density at radius 1 is 0.923 bits per heavy atom. The highest BCUT2D eigenvalue weighted by Crippen LogP contribution is 2.25. The molecule has 0 amide bonds. The minimum atomic E-state index is -1.10. The Hall–Kier alpha value is -2.86. The summed E-state index contributed by atoms with van der Waals surface area (Å²) < 4.78 is 0. The lowest BCUT2D eigenvalue weighted by molar-refractivity contribution is 0.0696. The molecule has 1 heterocycles. The van der Waals surface area contributed by atoms with Crippen LogP contribution < -0.4 is 4.90 Å². The van der Waals surface area contributed by atoms with Gasteiger partial charge in [0.1, 0.15) is 0 Å². The Kier molecular flexibility index (Phi) is 5.23. The molecule has 1 fully saturated rings. The van der Waals surface area contributed by atoms with Crippen LogP contribution in [0.4, 0.5) is 5.69 Å². The van der Waals surface area contributed by atoms with E-state index in [2.05, 4.69) is 21.9 Å². The summed E-state index contributed by atoms with van der Waals surface area (Å²) >= 11 is 0. The molecule has 1 aliphatic heterocycles. The molecule has 2 aromatic rings. The maximum Gasteiger partial charge on any atom is 0.336 e. The standard InChI is InChI=1S/C20H22N2O4/c1-14-17(19(23)24)11-16(12-18(14)20(25)26)22-9-7-21(8-10-22)13-15-5-3-2-4-6-15/h2-6,11-12H,7-10,13H2,1H3,(H,23,24)(H,25,26). The maximum absolute atomic E-state index is 11.5. The van der Waals surface area contributed by atoms with Gasteiger partial charge in [-0.2, -0.15) is 0 Å². The lowest BCUT2D eigenvalue weighted by Crippen LogP contribution is -2.46. The smallest absolute Gasteiger partial charge is 0.336 e. The minimum Gasteiger partial charge on any atom is -0.478 e. The number of piperazine rings is 1. The monoisotopic (exact) mass is 354 g/mol. The molecule has 26 heavy (non-hydrogen) atoms. The van der Waals surface area contributed by atoms with E-state index < -0.39 is 11.9 Å². The fourth-order valence-electron chi connectivity index (χ4n) is 3.33. The zero-order valence-electron chi connectivity index (χ0n) is 14.7. The van der Waals surface area contributed by atoms with Gasteiger partial charge in [-0.15, -0.1) is 0 Å². The topological polar surface area (TPSA) is 81.1 Å². The van der Waals surface area contributed by atoms with Gasteiger partial charge in [-0.1, -0.05) is 30.3 Å². The molecule has 136 valence electrons. The van der Waals surface area contributed by atoms with E-state index in [9.17, 15) is 19.8 Å². The average Bonchev–Trinajstić information content (AvgIpc) is 2.63. The first-order chi connectivity index (χ1) is 12.5. The second kappa shape index (κ2) is 7.58. The summed E-state index contributed by atoms with van der Waals surface area (Å²) in [5.41, 5.74) is 2.30. The van der Waals surface area contributed by atoms with Gasteiger partial charge in [0, 0.05) is 38.4 Å². The summed E-state index contributed by atoms with van der Waals surface area (Å²) in [5.74, 6) is -2.20. The normalized spacial score (nSPS) is 15.0. The largest absolute Gasteiger partial charge is 0.478 e. The van der Waals surface area contributed by atoms with Gasteiger partial charge in [0.15, 0.2) is 0 Å². The Morgan fingerprint density at radius 2 is 1.46 bits per heavy atom.